The number of hydrogen-bond donors (Lipinski definition) is 2. The molecule has 0 bridgehead atoms. The molecule has 0 saturated heterocycles. The lowest BCUT2D eigenvalue weighted by molar-refractivity contribution is -0.122. The van der Waals surface area contributed by atoms with Crippen LogP contribution in [-0.4, -0.2) is 38.5 Å². The van der Waals surface area contributed by atoms with E-state index in [0.717, 1.165) is 22.1 Å². The molecule has 0 radical (unpaired) electrons. The molecule has 0 saturated carbocycles. The van der Waals surface area contributed by atoms with E-state index in [2.05, 4.69) is 10.0 Å². The number of benzene rings is 2. The minimum absolute atomic E-state index is 0.104. The van der Waals surface area contributed by atoms with Gasteiger partial charge in [0.2, 0.25) is 15.9 Å². The van der Waals surface area contributed by atoms with Gasteiger partial charge in [-0.3, -0.25) is 4.79 Å². The van der Waals surface area contributed by atoms with Crippen LogP contribution in [0.25, 0.3) is 6.08 Å². The van der Waals surface area contributed by atoms with Crippen LogP contribution in [-0.2, 0) is 32.7 Å². The summed E-state index contributed by atoms with van der Waals surface area (Å²) in [7, 11) is -3.78. The van der Waals surface area contributed by atoms with E-state index < -0.39 is 16.1 Å². The van der Waals surface area contributed by atoms with E-state index in [4.69, 9.17) is 4.74 Å². The summed E-state index contributed by atoms with van der Waals surface area (Å²) in [6.45, 7) is 4.70. The largest absolute Gasteiger partial charge is 0.374 e. The summed E-state index contributed by atoms with van der Waals surface area (Å²) in [5.74, 6) is 0.303. The van der Waals surface area contributed by atoms with Crippen molar-refractivity contribution in [1.29, 1.82) is 0 Å². The molecule has 174 valence electrons. The Labute approximate surface area is 195 Å². The van der Waals surface area contributed by atoms with Gasteiger partial charge < -0.3 is 10.1 Å². The SMILES string of the molecule is CSCCC(NS(=O)(=O)/C=C/c1ccccc1)C(=O)NCc1ccccc1COC(C)C. The van der Waals surface area contributed by atoms with Crippen molar-refractivity contribution in [3.05, 3.63) is 76.7 Å². The first kappa shape index (κ1) is 26.1. The molecule has 2 aromatic carbocycles. The molecular formula is C24H32N2O4S2. The highest BCUT2D eigenvalue weighted by Gasteiger charge is 2.23. The molecule has 2 N–H and O–H groups in total. The van der Waals surface area contributed by atoms with Crippen LogP contribution in [0.3, 0.4) is 0 Å². The maximum absolute atomic E-state index is 12.8. The Morgan fingerprint density at radius 3 is 2.38 bits per heavy atom. The third-order valence-electron chi connectivity index (χ3n) is 4.62. The number of rotatable bonds is 13. The Morgan fingerprint density at radius 2 is 1.72 bits per heavy atom. The van der Waals surface area contributed by atoms with Gasteiger partial charge in [0.25, 0.3) is 0 Å². The Kier molecular flexibility index (Phi) is 11.0. The van der Waals surface area contributed by atoms with E-state index in [-0.39, 0.29) is 12.0 Å². The molecule has 0 fully saturated rings. The number of thioether (sulfide) groups is 1. The molecule has 1 unspecified atom stereocenters. The van der Waals surface area contributed by atoms with Crippen LogP contribution in [0.4, 0.5) is 0 Å². The molecule has 1 atom stereocenters. The van der Waals surface area contributed by atoms with Crippen molar-refractivity contribution < 1.29 is 17.9 Å². The van der Waals surface area contributed by atoms with Gasteiger partial charge in [0.05, 0.1) is 12.7 Å². The second-order valence-electron chi connectivity index (χ2n) is 7.56. The lowest BCUT2D eigenvalue weighted by Crippen LogP contribution is -2.46. The molecule has 2 rings (SSSR count). The standard InChI is InChI=1S/C24H32N2O4S2/c1-19(2)30-18-22-12-8-7-11-21(22)17-25-24(27)23(13-15-31-3)26-32(28,29)16-14-20-9-5-4-6-10-20/h4-12,14,16,19,23,26H,13,15,17-18H2,1-3H3,(H,25,27)/b16-14+. The highest BCUT2D eigenvalue weighted by atomic mass is 32.2. The van der Waals surface area contributed by atoms with Gasteiger partial charge in [-0.2, -0.15) is 16.5 Å². The second-order valence-corrected chi connectivity index (χ2v) is 10.1. The van der Waals surface area contributed by atoms with Crippen LogP contribution in [0.2, 0.25) is 0 Å². The second kappa shape index (κ2) is 13.4. The van der Waals surface area contributed by atoms with Gasteiger partial charge in [0, 0.05) is 12.0 Å². The van der Waals surface area contributed by atoms with E-state index in [9.17, 15) is 13.2 Å². The summed E-state index contributed by atoms with van der Waals surface area (Å²) in [4.78, 5) is 12.8. The molecular weight excluding hydrogens is 444 g/mol. The fourth-order valence-corrected chi connectivity index (χ4v) is 4.39. The van der Waals surface area contributed by atoms with Crippen molar-refractivity contribution in [3.8, 4) is 0 Å². The summed E-state index contributed by atoms with van der Waals surface area (Å²) in [6.07, 6.45) is 3.93. The third kappa shape index (κ3) is 9.56. The number of hydrogen-bond acceptors (Lipinski definition) is 5. The van der Waals surface area contributed by atoms with E-state index in [1.807, 2.05) is 74.7 Å². The third-order valence-corrected chi connectivity index (χ3v) is 6.37. The Hall–Kier alpha value is -2.13. The maximum atomic E-state index is 12.8. The van der Waals surface area contributed by atoms with Crippen LogP contribution >= 0.6 is 11.8 Å². The highest BCUT2D eigenvalue weighted by molar-refractivity contribution is 7.98. The molecule has 2 aromatic rings. The summed E-state index contributed by atoms with van der Waals surface area (Å²) in [5, 5.41) is 3.98. The van der Waals surface area contributed by atoms with Gasteiger partial charge >= 0.3 is 0 Å². The molecule has 0 aliphatic rings. The first-order chi connectivity index (χ1) is 15.3. The number of ether oxygens (including phenoxy) is 1. The number of nitrogens with one attached hydrogen (secondary N) is 2. The van der Waals surface area contributed by atoms with Crippen LogP contribution in [0.5, 0.6) is 0 Å². The van der Waals surface area contributed by atoms with Crippen molar-refractivity contribution in [2.75, 3.05) is 12.0 Å². The van der Waals surface area contributed by atoms with Crippen LogP contribution < -0.4 is 10.0 Å². The van der Waals surface area contributed by atoms with Crippen LogP contribution in [0.1, 0.15) is 37.0 Å². The fourth-order valence-electron chi connectivity index (χ4n) is 2.88. The summed E-state index contributed by atoms with van der Waals surface area (Å²) < 4.78 is 33.3. The minimum atomic E-state index is -3.78. The summed E-state index contributed by atoms with van der Waals surface area (Å²) >= 11 is 1.56. The van der Waals surface area contributed by atoms with Crippen molar-refractivity contribution in [2.45, 2.75) is 45.6 Å². The fraction of sp³-hybridized carbons (Fsp3) is 0.375. The lowest BCUT2D eigenvalue weighted by atomic mass is 10.1. The molecule has 0 aliphatic carbocycles. The number of amides is 1. The first-order valence-corrected chi connectivity index (χ1v) is 13.4. The number of carbonyl (C=O) groups excluding carboxylic acids is 1. The molecule has 0 aliphatic heterocycles. The molecule has 32 heavy (non-hydrogen) atoms. The predicted octanol–water partition coefficient (Wildman–Crippen LogP) is 3.94. The lowest BCUT2D eigenvalue weighted by Gasteiger charge is -2.18. The first-order valence-electron chi connectivity index (χ1n) is 10.5. The van der Waals surface area contributed by atoms with Crippen molar-refractivity contribution >= 4 is 33.8 Å². The monoisotopic (exact) mass is 476 g/mol. The average molecular weight is 477 g/mol. The topological polar surface area (TPSA) is 84.5 Å². The Morgan fingerprint density at radius 1 is 1.06 bits per heavy atom. The Balaban J connectivity index is 2.04. The zero-order valence-corrected chi connectivity index (χ0v) is 20.4. The van der Waals surface area contributed by atoms with Gasteiger partial charge in [-0.15, -0.1) is 0 Å². The van der Waals surface area contributed by atoms with Crippen molar-refractivity contribution in [3.63, 3.8) is 0 Å². The molecule has 1 amide bonds. The predicted molar refractivity (Wildman–Crippen MR) is 133 cm³/mol. The minimum Gasteiger partial charge on any atom is -0.374 e. The van der Waals surface area contributed by atoms with Gasteiger partial charge in [-0.25, -0.2) is 8.42 Å². The van der Waals surface area contributed by atoms with Crippen molar-refractivity contribution in [2.24, 2.45) is 0 Å². The normalized spacial score (nSPS) is 12.9. The molecule has 6 nitrogen and oxygen atoms in total. The smallest absolute Gasteiger partial charge is 0.238 e. The molecule has 0 heterocycles. The zero-order valence-electron chi connectivity index (χ0n) is 18.8. The summed E-state index contributed by atoms with van der Waals surface area (Å²) in [6, 6.07) is 16.0. The highest BCUT2D eigenvalue weighted by Crippen LogP contribution is 2.12. The average Bonchev–Trinajstić information content (AvgIpc) is 2.78. The molecule has 0 spiro atoms. The van der Waals surface area contributed by atoms with E-state index in [1.54, 1.807) is 11.8 Å². The van der Waals surface area contributed by atoms with Gasteiger partial charge in [-0.05, 0) is 55.0 Å². The van der Waals surface area contributed by atoms with E-state index >= 15 is 0 Å². The van der Waals surface area contributed by atoms with Gasteiger partial charge in [-0.1, -0.05) is 54.6 Å². The number of carbonyl (C=O) groups is 1. The van der Waals surface area contributed by atoms with Crippen LogP contribution in [0, 0.1) is 0 Å². The van der Waals surface area contributed by atoms with Crippen molar-refractivity contribution in [1.82, 2.24) is 10.0 Å². The zero-order chi connectivity index (χ0) is 23.4. The Bertz CT molecular complexity index is 977. The van der Waals surface area contributed by atoms with E-state index in [0.29, 0.717) is 25.3 Å². The molecule has 0 aromatic heterocycles. The maximum Gasteiger partial charge on any atom is 0.238 e. The van der Waals surface area contributed by atoms with Gasteiger partial charge in [0.15, 0.2) is 0 Å². The van der Waals surface area contributed by atoms with Crippen LogP contribution in [0.15, 0.2) is 60.0 Å². The van der Waals surface area contributed by atoms with Gasteiger partial charge in [0.1, 0.15) is 6.04 Å². The molecule has 8 heteroatoms. The quantitative estimate of drug-likeness (QED) is 0.457. The summed E-state index contributed by atoms with van der Waals surface area (Å²) in [5.41, 5.74) is 2.70. The number of sulfonamides is 1. The van der Waals surface area contributed by atoms with E-state index in [1.165, 1.54) is 6.08 Å².